The van der Waals surface area contributed by atoms with Gasteiger partial charge in [-0.1, -0.05) is 13.0 Å². The van der Waals surface area contributed by atoms with Crippen molar-refractivity contribution in [3.05, 3.63) is 63.4 Å². The van der Waals surface area contributed by atoms with Gasteiger partial charge in [-0.3, -0.25) is 15.0 Å². The molecule has 4 rings (SSSR count). The predicted octanol–water partition coefficient (Wildman–Crippen LogP) is 3.38. The summed E-state index contributed by atoms with van der Waals surface area (Å²) in [7, 11) is 0. The van der Waals surface area contributed by atoms with Gasteiger partial charge in [-0.25, -0.2) is 9.97 Å². The molecule has 0 bridgehead atoms. The molecule has 0 aliphatic carbocycles. The summed E-state index contributed by atoms with van der Waals surface area (Å²) in [5.41, 5.74) is 4.22. The lowest BCUT2D eigenvalue weighted by Gasteiger charge is -2.27. The number of rotatable bonds is 5. The number of aromatic nitrogens is 3. The van der Waals surface area contributed by atoms with E-state index in [0.29, 0.717) is 11.9 Å². The van der Waals surface area contributed by atoms with E-state index < -0.39 is 0 Å². The van der Waals surface area contributed by atoms with Crippen LogP contribution in [0.5, 0.6) is 0 Å². The summed E-state index contributed by atoms with van der Waals surface area (Å²) >= 11 is 0. The standard InChI is InChI=1S/C19H21N5O2/c1-2-4-18-21-9-13-7-8-23(12-16(13)22-18)11-14-10-20-15-5-3-6-17(19(14)15)24(25)26/h3,5-6,9-10,20H,2,4,7-8,11-12H2,1H3. The lowest BCUT2D eigenvalue weighted by molar-refractivity contribution is -0.383. The monoisotopic (exact) mass is 351 g/mol. The van der Waals surface area contributed by atoms with Gasteiger partial charge in [0.15, 0.2) is 0 Å². The van der Waals surface area contributed by atoms with E-state index in [-0.39, 0.29) is 10.6 Å². The SMILES string of the molecule is CCCc1ncc2c(n1)CN(Cc1c[nH]c3cccc([N+](=O)[O-])c13)CC2. The maximum absolute atomic E-state index is 11.4. The lowest BCUT2D eigenvalue weighted by atomic mass is 10.0. The maximum Gasteiger partial charge on any atom is 0.279 e. The Labute approximate surface area is 151 Å². The second-order valence-corrected chi connectivity index (χ2v) is 6.74. The van der Waals surface area contributed by atoms with E-state index >= 15 is 0 Å². The quantitative estimate of drug-likeness (QED) is 0.562. The number of hydrogen-bond acceptors (Lipinski definition) is 5. The van der Waals surface area contributed by atoms with Gasteiger partial charge in [0.25, 0.3) is 5.69 Å². The molecular weight excluding hydrogens is 330 g/mol. The molecule has 0 unspecified atom stereocenters. The summed E-state index contributed by atoms with van der Waals surface area (Å²) in [5, 5.41) is 12.1. The molecule has 7 heteroatoms. The summed E-state index contributed by atoms with van der Waals surface area (Å²) in [4.78, 5) is 25.7. The fourth-order valence-corrected chi connectivity index (χ4v) is 3.63. The zero-order valence-electron chi connectivity index (χ0n) is 14.7. The molecule has 2 aromatic heterocycles. The number of non-ortho nitro benzene ring substituents is 1. The summed E-state index contributed by atoms with van der Waals surface area (Å²) in [5.74, 6) is 0.899. The van der Waals surface area contributed by atoms with E-state index in [0.717, 1.165) is 55.0 Å². The third-order valence-electron chi connectivity index (χ3n) is 4.90. The first-order valence-corrected chi connectivity index (χ1v) is 8.95. The van der Waals surface area contributed by atoms with Crippen LogP contribution in [0.1, 0.15) is 36.0 Å². The van der Waals surface area contributed by atoms with Gasteiger partial charge in [-0.15, -0.1) is 0 Å². The van der Waals surface area contributed by atoms with Crippen molar-refractivity contribution >= 4 is 16.6 Å². The Hall–Kier alpha value is -2.80. The first-order chi connectivity index (χ1) is 12.7. The minimum atomic E-state index is -0.310. The average molecular weight is 351 g/mol. The third kappa shape index (κ3) is 3.06. The lowest BCUT2D eigenvalue weighted by Crippen LogP contribution is -2.31. The molecule has 7 nitrogen and oxygen atoms in total. The number of nitrogens with zero attached hydrogens (tertiary/aromatic N) is 4. The number of hydrogen-bond donors (Lipinski definition) is 1. The average Bonchev–Trinajstić information content (AvgIpc) is 3.04. The fourth-order valence-electron chi connectivity index (χ4n) is 3.63. The van der Waals surface area contributed by atoms with E-state index in [1.165, 1.54) is 5.56 Å². The Bertz CT molecular complexity index is 966. The van der Waals surface area contributed by atoms with E-state index in [4.69, 9.17) is 4.98 Å². The van der Waals surface area contributed by atoms with Crippen molar-refractivity contribution in [2.75, 3.05) is 6.54 Å². The summed E-state index contributed by atoms with van der Waals surface area (Å²) in [6.07, 6.45) is 6.67. The number of aromatic amines is 1. The van der Waals surface area contributed by atoms with Crippen LogP contribution in [0.3, 0.4) is 0 Å². The van der Waals surface area contributed by atoms with Gasteiger partial charge in [0.2, 0.25) is 0 Å². The van der Waals surface area contributed by atoms with E-state index in [9.17, 15) is 10.1 Å². The molecule has 1 aliphatic heterocycles. The van der Waals surface area contributed by atoms with Crippen LogP contribution < -0.4 is 0 Å². The Morgan fingerprint density at radius 1 is 1.38 bits per heavy atom. The number of nitrogens with one attached hydrogen (secondary N) is 1. The smallest absolute Gasteiger partial charge is 0.279 e. The van der Waals surface area contributed by atoms with Crippen molar-refractivity contribution in [1.82, 2.24) is 19.9 Å². The number of fused-ring (bicyclic) bond motifs is 2. The zero-order valence-corrected chi connectivity index (χ0v) is 14.7. The molecule has 0 saturated heterocycles. The van der Waals surface area contributed by atoms with Crippen LogP contribution in [0.15, 0.2) is 30.6 Å². The molecular formula is C19H21N5O2. The highest BCUT2D eigenvalue weighted by Gasteiger charge is 2.22. The summed E-state index contributed by atoms with van der Waals surface area (Å²) in [6.45, 7) is 4.44. The van der Waals surface area contributed by atoms with Crippen molar-refractivity contribution in [2.24, 2.45) is 0 Å². The maximum atomic E-state index is 11.4. The molecule has 0 saturated carbocycles. The number of benzene rings is 1. The highest BCUT2D eigenvalue weighted by molar-refractivity contribution is 5.91. The van der Waals surface area contributed by atoms with Gasteiger partial charge in [0.05, 0.1) is 21.5 Å². The molecule has 3 heterocycles. The molecule has 1 N–H and O–H groups in total. The topological polar surface area (TPSA) is 88.0 Å². The van der Waals surface area contributed by atoms with Crippen molar-refractivity contribution < 1.29 is 4.92 Å². The molecule has 0 atom stereocenters. The molecule has 3 aromatic rings. The zero-order chi connectivity index (χ0) is 18.1. The molecule has 1 aromatic carbocycles. The van der Waals surface area contributed by atoms with Crippen LogP contribution in [0.2, 0.25) is 0 Å². The van der Waals surface area contributed by atoms with E-state index in [1.807, 2.05) is 18.5 Å². The van der Waals surface area contributed by atoms with Gasteiger partial charge >= 0.3 is 0 Å². The molecule has 0 radical (unpaired) electrons. The van der Waals surface area contributed by atoms with Gasteiger partial charge in [-0.05, 0) is 30.0 Å². The van der Waals surface area contributed by atoms with Crippen LogP contribution in [0.25, 0.3) is 10.9 Å². The Balaban J connectivity index is 1.60. The summed E-state index contributed by atoms with van der Waals surface area (Å²) < 4.78 is 0. The minimum Gasteiger partial charge on any atom is -0.361 e. The first-order valence-electron chi connectivity index (χ1n) is 8.95. The number of aryl methyl sites for hydroxylation is 1. The van der Waals surface area contributed by atoms with Gasteiger partial charge in [0.1, 0.15) is 5.82 Å². The first kappa shape index (κ1) is 16.7. The van der Waals surface area contributed by atoms with Crippen molar-refractivity contribution in [3.63, 3.8) is 0 Å². The second-order valence-electron chi connectivity index (χ2n) is 6.74. The van der Waals surface area contributed by atoms with Gasteiger partial charge in [-0.2, -0.15) is 0 Å². The Morgan fingerprint density at radius 3 is 3.08 bits per heavy atom. The largest absolute Gasteiger partial charge is 0.361 e. The Morgan fingerprint density at radius 2 is 2.27 bits per heavy atom. The molecule has 0 amide bonds. The van der Waals surface area contributed by atoms with Crippen molar-refractivity contribution in [3.8, 4) is 0 Å². The molecule has 134 valence electrons. The highest BCUT2D eigenvalue weighted by Crippen LogP contribution is 2.30. The van der Waals surface area contributed by atoms with Gasteiger partial charge in [0, 0.05) is 44.5 Å². The minimum absolute atomic E-state index is 0.156. The van der Waals surface area contributed by atoms with Crippen LogP contribution in [-0.2, 0) is 25.9 Å². The Kier molecular flexibility index (Phi) is 4.38. The molecule has 1 aliphatic rings. The molecule has 0 fully saturated rings. The molecule has 0 spiro atoms. The van der Waals surface area contributed by atoms with E-state index in [1.54, 1.807) is 12.1 Å². The second kappa shape index (κ2) is 6.84. The van der Waals surface area contributed by atoms with Crippen molar-refractivity contribution in [2.45, 2.75) is 39.3 Å². The van der Waals surface area contributed by atoms with Crippen LogP contribution in [0, 0.1) is 10.1 Å². The van der Waals surface area contributed by atoms with Crippen molar-refractivity contribution in [1.29, 1.82) is 0 Å². The highest BCUT2D eigenvalue weighted by atomic mass is 16.6. The van der Waals surface area contributed by atoms with Crippen LogP contribution in [-0.4, -0.2) is 31.3 Å². The normalized spacial score (nSPS) is 14.5. The number of H-pyrrole nitrogens is 1. The van der Waals surface area contributed by atoms with Crippen LogP contribution in [0.4, 0.5) is 5.69 Å². The number of nitro benzene ring substituents is 1. The summed E-state index contributed by atoms with van der Waals surface area (Å²) in [6, 6.07) is 5.15. The van der Waals surface area contributed by atoms with E-state index in [2.05, 4.69) is 21.8 Å². The number of nitro groups is 1. The fraction of sp³-hybridized carbons (Fsp3) is 0.368. The van der Waals surface area contributed by atoms with Crippen LogP contribution >= 0.6 is 0 Å². The third-order valence-corrected chi connectivity index (χ3v) is 4.90. The van der Waals surface area contributed by atoms with Gasteiger partial charge < -0.3 is 4.98 Å². The predicted molar refractivity (Wildman–Crippen MR) is 98.8 cm³/mol. The molecule has 26 heavy (non-hydrogen) atoms.